The number of benzene rings is 1. The van der Waals surface area contributed by atoms with Crippen LogP contribution in [0.4, 0.5) is 5.69 Å². The largest absolute Gasteiger partial charge is 0.397 e. The fourth-order valence-electron chi connectivity index (χ4n) is 1.93. The summed E-state index contributed by atoms with van der Waals surface area (Å²) in [6.45, 7) is 0.415. The predicted octanol–water partition coefficient (Wildman–Crippen LogP) is 2.60. The smallest absolute Gasteiger partial charge is 0.263 e. The van der Waals surface area contributed by atoms with Gasteiger partial charge in [0.15, 0.2) is 6.33 Å². The first-order valence-corrected chi connectivity index (χ1v) is 7.77. The van der Waals surface area contributed by atoms with Crippen LogP contribution in [0, 0.1) is 0 Å². The summed E-state index contributed by atoms with van der Waals surface area (Å²) in [6, 6.07) is 5.76. The Morgan fingerprint density at radius 1 is 1.48 bits per heavy atom. The molecule has 0 aliphatic heterocycles. The van der Waals surface area contributed by atoms with Gasteiger partial charge in [0.1, 0.15) is 4.88 Å². The van der Waals surface area contributed by atoms with E-state index >= 15 is 0 Å². The molecule has 0 aliphatic rings. The van der Waals surface area contributed by atoms with Crippen LogP contribution in [0.2, 0.25) is 0 Å². The molecule has 0 unspecified atom stereocenters. The van der Waals surface area contributed by atoms with E-state index < -0.39 is 0 Å². The van der Waals surface area contributed by atoms with E-state index in [1.165, 1.54) is 17.7 Å². The van der Waals surface area contributed by atoms with Crippen LogP contribution in [-0.2, 0) is 6.42 Å². The molecule has 0 atom stereocenters. The Morgan fingerprint density at radius 2 is 2.33 bits per heavy atom. The van der Waals surface area contributed by atoms with Crippen LogP contribution in [0.25, 0.3) is 10.1 Å². The van der Waals surface area contributed by atoms with Crippen molar-refractivity contribution < 1.29 is 9.32 Å². The molecule has 0 saturated carbocycles. The van der Waals surface area contributed by atoms with Gasteiger partial charge in [0.2, 0.25) is 5.89 Å². The number of anilines is 1. The molecule has 0 aliphatic carbocycles. The molecule has 0 saturated heterocycles. The van der Waals surface area contributed by atoms with Crippen LogP contribution < -0.4 is 11.1 Å². The maximum atomic E-state index is 12.2. The van der Waals surface area contributed by atoms with Crippen LogP contribution in [0.3, 0.4) is 0 Å². The highest BCUT2D eigenvalue weighted by Gasteiger charge is 2.16. The molecule has 2 aromatic heterocycles. The molecule has 0 spiro atoms. The molecule has 0 fully saturated rings. The first-order chi connectivity index (χ1) is 10.1. The standard InChI is InChI=1S/C13H11BrN4O2S/c14-7-1-2-8-9(5-7)21-12(11(8)15)13(19)16-4-3-10-17-6-18-20-10/h1-2,5-6H,3-4,15H2,(H,16,19). The molecule has 8 heteroatoms. The summed E-state index contributed by atoms with van der Waals surface area (Å²) in [5.41, 5.74) is 6.56. The van der Waals surface area contributed by atoms with Crippen molar-refractivity contribution in [3.8, 4) is 0 Å². The van der Waals surface area contributed by atoms with Crippen molar-refractivity contribution in [1.82, 2.24) is 15.5 Å². The van der Waals surface area contributed by atoms with E-state index in [0.717, 1.165) is 14.6 Å². The maximum Gasteiger partial charge on any atom is 0.263 e. The number of carbonyl (C=O) groups is 1. The average Bonchev–Trinajstić information content (AvgIpc) is 3.07. The van der Waals surface area contributed by atoms with Crippen molar-refractivity contribution in [3.05, 3.63) is 39.8 Å². The minimum atomic E-state index is -0.190. The van der Waals surface area contributed by atoms with E-state index in [4.69, 9.17) is 10.3 Å². The van der Waals surface area contributed by atoms with Crippen LogP contribution >= 0.6 is 27.3 Å². The van der Waals surface area contributed by atoms with E-state index in [0.29, 0.717) is 29.4 Å². The summed E-state index contributed by atoms with van der Waals surface area (Å²) in [6.07, 6.45) is 1.82. The molecule has 2 heterocycles. The number of aromatic nitrogens is 2. The molecular weight excluding hydrogens is 356 g/mol. The zero-order valence-corrected chi connectivity index (χ0v) is 13.2. The summed E-state index contributed by atoms with van der Waals surface area (Å²) >= 11 is 4.78. The van der Waals surface area contributed by atoms with Gasteiger partial charge in [-0.15, -0.1) is 11.3 Å². The van der Waals surface area contributed by atoms with Crippen molar-refractivity contribution in [2.24, 2.45) is 0 Å². The maximum absolute atomic E-state index is 12.2. The highest BCUT2D eigenvalue weighted by atomic mass is 79.9. The average molecular weight is 367 g/mol. The fourth-order valence-corrected chi connectivity index (χ4v) is 3.52. The van der Waals surface area contributed by atoms with Crippen molar-refractivity contribution >= 4 is 48.9 Å². The first-order valence-electron chi connectivity index (χ1n) is 6.16. The second-order valence-electron chi connectivity index (χ2n) is 4.33. The molecule has 3 rings (SSSR count). The second-order valence-corrected chi connectivity index (χ2v) is 6.29. The number of carbonyl (C=O) groups excluding carboxylic acids is 1. The normalized spacial score (nSPS) is 10.9. The molecule has 1 amide bonds. The molecule has 108 valence electrons. The van der Waals surface area contributed by atoms with Gasteiger partial charge in [-0.25, -0.2) is 0 Å². The molecular formula is C13H11BrN4O2S. The predicted molar refractivity (Wildman–Crippen MR) is 84.3 cm³/mol. The summed E-state index contributed by atoms with van der Waals surface area (Å²) in [7, 11) is 0. The Morgan fingerprint density at radius 3 is 3.10 bits per heavy atom. The van der Waals surface area contributed by atoms with Crippen molar-refractivity contribution in [3.63, 3.8) is 0 Å². The highest BCUT2D eigenvalue weighted by molar-refractivity contribution is 9.10. The molecule has 1 aromatic carbocycles. The number of nitrogens with two attached hydrogens (primary N) is 1. The number of rotatable bonds is 4. The third-order valence-electron chi connectivity index (χ3n) is 2.93. The van der Waals surface area contributed by atoms with Crippen LogP contribution in [0.1, 0.15) is 15.6 Å². The number of amides is 1. The quantitative estimate of drug-likeness (QED) is 0.739. The van der Waals surface area contributed by atoms with Gasteiger partial charge >= 0.3 is 0 Å². The Bertz CT molecular complexity index is 785. The molecule has 21 heavy (non-hydrogen) atoms. The monoisotopic (exact) mass is 366 g/mol. The van der Waals surface area contributed by atoms with E-state index in [1.807, 2.05) is 18.2 Å². The summed E-state index contributed by atoms with van der Waals surface area (Å²) in [5, 5.41) is 7.21. The highest BCUT2D eigenvalue weighted by Crippen LogP contribution is 2.35. The summed E-state index contributed by atoms with van der Waals surface area (Å²) in [4.78, 5) is 16.6. The van der Waals surface area contributed by atoms with Gasteiger partial charge in [0, 0.05) is 27.5 Å². The summed E-state index contributed by atoms with van der Waals surface area (Å²) < 4.78 is 6.80. The SMILES string of the molecule is Nc1c(C(=O)NCCc2ncno2)sc2cc(Br)ccc12. The van der Waals surface area contributed by atoms with Crippen molar-refractivity contribution in [2.75, 3.05) is 12.3 Å². The van der Waals surface area contributed by atoms with Crippen LogP contribution in [0.5, 0.6) is 0 Å². The van der Waals surface area contributed by atoms with Crippen molar-refractivity contribution in [2.45, 2.75) is 6.42 Å². The van der Waals surface area contributed by atoms with E-state index in [2.05, 4.69) is 31.4 Å². The van der Waals surface area contributed by atoms with Crippen LogP contribution in [0.15, 0.2) is 33.5 Å². The van der Waals surface area contributed by atoms with Gasteiger partial charge in [-0.3, -0.25) is 4.79 Å². The lowest BCUT2D eigenvalue weighted by atomic mass is 10.2. The van der Waals surface area contributed by atoms with Gasteiger partial charge in [-0.1, -0.05) is 27.2 Å². The molecule has 0 radical (unpaired) electrons. The number of hydrogen-bond donors (Lipinski definition) is 2. The zero-order chi connectivity index (χ0) is 14.8. The second kappa shape index (κ2) is 5.82. The number of nitrogens with one attached hydrogen (secondary N) is 1. The molecule has 0 bridgehead atoms. The molecule has 3 N–H and O–H groups in total. The van der Waals surface area contributed by atoms with Crippen LogP contribution in [-0.4, -0.2) is 22.6 Å². The van der Waals surface area contributed by atoms with E-state index in [1.54, 1.807) is 0 Å². The van der Waals surface area contributed by atoms with Crippen molar-refractivity contribution in [1.29, 1.82) is 0 Å². The van der Waals surface area contributed by atoms with E-state index in [9.17, 15) is 4.79 Å². The first kappa shape index (κ1) is 14.0. The van der Waals surface area contributed by atoms with Gasteiger partial charge in [0.05, 0.1) is 5.69 Å². The minimum absolute atomic E-state index is 0.190. The fraction of sp³-hybridized carbons (Fsp3) is 0.154. The number of fused-ring (bicyclic) bond motifs is 1. The topological polar surface area (TPSA) is 94.0 Å². The number of nitrogens with zero attached hydrogens (tertiary/aromatic N) is 2. The number of thiophene rings is 1. The van der Waals surface area contributed by atoms with Gasteiger partial charge < -0.3 is 15.6 Å². The van der Waals surface area contributed by atoms with Gasteiger partial charge in [-0.2, -0.15) is 4.98 Å². The zero-order valence-electron chi connectivity index (χ0n) is 10.8. The summed E-state index contributed by atoms with van der Waals surface area (Å²) in [5.74, 6) is 0.299. The van der Waals surface area contributed by atoms with Gasteiger partial charge in [0.25, 0.3) is 5.91 Å². The number of nitrogen functional groups attached to an aromatic ring is 1. The Labute approximate surface area is 132 Å². The lowest BCUT2D eigenvalue weighted by molar-refractivity contribution is 0.0958. The Hall–Kier alpha value is -1.93. The molecule has 6 nitrogen and oxygen atoms in total. The lowest BCUT2D eigenvalue weighted by Crippen LogP contribution is -2.25. The number of hydrogen-bond acceptors (Lipinski definition) is 6. The lowest BCUT2D eigenvalue weighted by Gasteiger charge is -2.02. The Kier molecular flexibility index (Phi) is 3.89. The Balaban J connectivity index is 1.73. The van der Waals surface area contributed by atoms with E-state index in [-0.39, 0.29) is 5.91 Å². The number of halogens is 1. The third-order valence-corrected chi connectivity index (χ3v) is 4.59. The molecule has 3 aromatic rings. The third kappa shape index (κ3) is 2.91. The van der Waals surface area contributed by atoms with Gasteiger partial charge in [-0.05, 0) is 12.1 Å². The minimum Gasteiger partial charge on any atom is -0.397 e.